The Hall–Kier alpha value is -1.50. The molecule has 7 heteroatoms. The zero-order valence-corrected chi connectivity index (χ0v) is 7.93. The van der Waals surface area contributed by atoms with Gasteiger partial charge in [0.25, 0.3) is 0 Å². The van der Waals surface area contributed by atoms with Crippen LogP contribution in [0.5, 0.6) is 5.75 Å². The van der Waals surface area contributed by atoms with Crippen molar-refractivity contribution in [2.75, 3.05) is 5.73 Å². The van der Waals surface area contributed by atoms with Crippen molar-refractivity contribution < 1.29 is 17.9 Å². The number of hydrogen-bond donors (Lipinski definition) is 2. The number of anilines is 1. The third-order valence-corrected chi connectivity index (χ3v) is 1.84. The Balaban J connectivity index is 3.07. The van der Waals surface area contributed by atoms with E-state index in [9.17, 15) is 13.2 Å². The highest BCUT2D eigenvalue weighted by Gasteiger charge is 2.32. The summed E-state index contributed by atoms with van der Waals surface area (Å²) in [7, 11) is 0. The third-order valence-electron chi connectivity index (χ3n) is 1.84. The number of nitrogens with two attached hydrogens (primary N) is 2. The average Bonchev–Trinajstić information content (AvgIpc) is 2.11. The molecule has 0 bridgehead atoms. The lowest BCUT2D eigenvalue weighted by Gasteiger charge is -2.13. The van der Waals surface area contributed by atoms with Gasteiger partial charge in [0.05, 0.1) is 17.6 Å². The molecule has 0 spiro atoms. The minimum Gasteiger partial charge on any atom is -0.404 e. The first-order valence-corrected chi connectivity index (χ1v) is 4.05. The molecule has 0 aromatic carbocycles. The SMILES string of the molecule is Cc1c(OC(F)(F)F)cnc(CN)c1N. The number of aromatic nitrogens is 1. The number of hydrogen-bond acceptors (Lipinski definition) is 4. The molecule has 1 rings (SSSR count). The molecule has 1 aromatic rings. The van der Waals surface area contributed by atoms with E-state index in [1.807, 2.05) is 0 Å². The smallest absolute Gasteiger partial charge is 0.404 e. The van der Waals surface area contributed by atoms with Crippen LogP contribution in [-0.4, -0.2) is 11.3 Å². The van der Waals surface area contributed by atoms with Gasteiger partial charge in [-0.1, -0.05) is 0 Å². The zero-order chi connectivity index (χ0) is 11.6. The van der Waals surface area contributed by atoms with E-state index in [-0.39, 0.29) is 17.8 Å². The van der Waals surface area contributed by atoms with Gasteiger partial charge in [0, 0.05) is 12.1 Å². The van der Waals surface area contributed by atoms with Crippen molar-refractivity contribution in [1.82, 2.24) is 4.98 Å². The molecule has 1 aromatic heterocycles. The monoisotopic (exact) mass is 221 g/mol. The van der Waals surface area contributed by atoms with Gasteiger partial charge in [-0.15, -0.1) is 13.2 Å². The van der Waals surface area contributed by atoms with Gasteiger partial charge < -0.3 is 16.2 Å². The van der Waals surface area contributed by atoms with Crippen LogP contribution in [0.25, 0.3) is 0 Å². The Morgan fingerprint density at radius 2 is 2.07 bits per heavy atom. The van der Waals surface area contributed by atoms with Gasteiger partial charge in [0.1, 0.15) is 0 Å². The second-order valence-corrected chi connectivity index (χ2v) is 2.86. The number of alkyl halides is 3. The van der Waals surface area contributed by atoms with E-state index in [2.05, 4.69) is 9.72 Å². The molecule has 84 valence electrons. The number of nitrogens with zero attached hydrogens (tertiary/aromatic N) is 1. The molecule has 4 N–H and O–H groups in total. The Morgan fingerprint density at radius 3 is 2.53 bits per heavy atom. The first-order chi connectivity index (χ1) is 6.85. The summed E-state index contributed by atoms with van der Waals surface area (Å²) in [4.78, 5) is 3.67. The van der Waals surface area contributed by atoms with E-state index in [1.165, 1.54) is 6.92 Å². The number of nitrogen functional groups attached to an aromatic ring is 1. The Labute approximate surface area is 84.0 Å². The van der Waals surface area contributed by atoms with Gasteiger partial charge in [-0.25, -0.2) is 0 Å². The number of halogens is 3. The van der Waals surface area contributed by atoms with Gasteiger partial charge in [-0.05, 0) is 6.92 Å². The fraction of sp³-hybridized carbons (Fsp3) is 0.375. The quantitative estimate of drug-likeness (QED) is 0.790. The highest BCUT2D eigenvalue weighted by Crippen LogP contribution is 2.29. The number of rotatable bonds is 2. The van der Waals surface area contributed by atoms with Gasteiger partial charge in [-0.3, -0.25) is 4.98 Å². The van der Waals surface area contributed by atoms with Gasteiger partial charge in [-0.2, -0.15) is 0 Å². The van der Waals surface area contributed by atoms with Crippen molar-refractivity contribution in [3.8, 4) is 5.75 Å². The maximum absolute atomic E-state index is 11.9. The summed E-state index contributed by atoms with van der Waals surface area (Å²) >= 11 is 0. The van der Waals surface area contributed by atoms with Crippen LogP contribution in [0.3, 0.4) is 0 Å². The van der Waals surface area contributed by atoms with Crippen LogP contribution in [0.15, 0.2) is 6.20 Å². The minimum atomic E-state index is -4.75. The van der Waals surface area contributed by atoms with Gasteiger partial charge in [0.2, 0.25) is 0 Å². The van der Waals surface area contributed by atoms with Crippen LogP contribution in [-0.2, 0) is 6.54 Å². The first kappa shape index (κ1) is 11.6. The lowest BCUT2D eigenvalue weighted by molar-refractivity contribution is -0.274. The first-order valence-electron chi connectivity index (χ1n) is 4.05. The van der Waals surface area contributed by atoms with Crippen molar-refractivity contribution in [1.29, 1.82) is 0 Å². The topological polar surface area (TPSA) is 74.2 Å². The Morgan fingerprint density at radius 1 is 1.47 bits per heavy atom. The van der Waals surface area contributed by atoms with Crippen molar-refractivity contribution in [3.63, 3.8) is 0 Å². The lowest BCUT2D eigenvalue weighted by atomic mass is 10.2. The van der Waals surface area contributed by atoms with E-state index in [4.69, 9.17) is 11.5 Å². The molecule has 0 atom stereocenters. The highest BCUT2D eigenvalue weighted by atomic mass is 19.4. The van der Waals surface area contributed by atoms with Crippen LogP contribution in [0.4, 0.5) is 18.9 Å². The largest absolute Gasteiger partial charge is 0.573 e. The summed E-state index contributed by atoms with van der Waals surface area (Å²) in [6, 6.07) is 0. The molecule has 1 heterocycles. The fourth-order valence-corrected chi connectivity index (χ4v) is 1.04. The molecular weight excluding hydrogens is 211 g/mol. The van der Waals surface area contributed by atoms with E-state index in [0.717, 1.165) is 6.20 Å². The molecule has 0 unspecified atom stereocenters. The average molecular weight is 221 g/mol. The molecule has 0 saturated carbocycles. The summed E-state index contributed by atoms with van der Waals surface area (Å²) in [6.45, 7) is 1.48. The normalized spacial score (nSPS) is 11.5. The second kappa shape index (κ2) is 3.93. The van der Waals surface area contributed by atoms with Gasteiger partial charge in [0.15, 0.2) is 5.75 Å². The van der Waals surface area contributed by atoms with Gasteiger partial charge >= 0.3 is 6.36 Å². The van der Waals surface area contributed by atoms with Crippen molar-refractivity contribution in [3.05, 3.63) is 17.5 Å². The molecule has 0 fully saturated rings. The summed E-state index contributed by atoms with van der Waals surface area (Å²) in [6.07, 6.45) is -3.79. The molecule has 0 aliphatic heterocycles. The standard InChI is InChI=1S/C8H10F3N3O/c1-4-6(15-8(9,10)11)3-14-5(2-12)7(4)13/h3H,2,12-13H2,1H3. The third kappa shape index (κ3) is 2.72. The van der Waals surface area contributed by atoms with Crippen molar-refractivity contribution in [2.45, 2.75) is 19.8 Å². The van der Waals surface area contributed by atoms with Crippen molar-refractivity contribution >= 4 is 5.69 Å². The van der Waals surface area contributed by atoms with Crippen LogP contribution in [0.1, 0.15) is 11.3 Å². The molecule has 0 amide bonds. The molecule has 0 aliphatic rings. The summed E-state index contributed by atoms with van der Waals surface area (Å²) in [5, 5.41) is 0. The lowest BCUT2D eigenvalue weighted by Crippen LogP contribution is -2.19. The molecule has 0 radical (unpaired) electrons. The Kier molecular flexibility index (Phi) is 3.04. The molecule has 15 heavy (non-hydrogen) atoms. The zero-order valence-electron chi connectivity index (χ0n) is 7.93. The van der Waals surface area contributed by atoms with Crippen LogP contribution in [0.2, 0.25) is 0 Å². The second-order valence-electron chi connectivity index (χ2n) is 2.86. The molecular formula is C8H10F3N3O. The van der Waals surface area contributed by atoms with Crippen LogP contribution in [0, 0.1) is 6.92 Å². The number of pyridine rings is 1. The summed E-state index contributed by atoms with van der Waals surface area (Å²) in [5.74, 6) is -0.405. The molecule has 0 saturated heterocycles. The molecule has 4 nitrogen and oxygen atoms in total. The minimum absolute atomic E-state index is 0.0684. The Bertz CT molecular complexity index is 365. The van der Waals surface area contributed by atoms with Crippen LogP contribution >= 0.6 is 0 Å². The van der Waals surface area contributed by atoms with E-state index >= 15 is 0 Å². The van der Waals surface area contributed by atoms with Crippen LogP contribution < -0.4 is 16.2 Å². The number of ether oxygens (including phenoxy) is 1. The predicted octanol–water partition coefficient (Wildman–Crippen LogP) is 1.33. The maximum Gasteiger partial charge on any atom is 0.573 e. The van der Waals surface area contributed by atoms with E-state index in [1.54, 1.807) is 0 Å². The predicted molar refractivity (Wildman–Crippen MR) is 48.0 cm³/mol. The highest BCUT2D eigenvalue weighted by molar-refractivity contribution is 5.55. The van der Waals surface area contributed by atoms with E-state index in [0.29, 0.717) is 5.69 Å². The fourth-order valence-electron chi connectivity index (χ4n) is 1.04. The summed E-state index contributed by atoms with van der Waals surface area (Å²) < 4.78 is 39.5. The van der Waals surface area contributed by atoms with E-state index < -0.39 is 12.1 Å². The molecule has 0 aliphatic carbocycles. The maximum atomic E-state index is 11.9. The van der Waals surface area contributed by atoms with Crippen molar-refractivity contribution in [2.24, 2.45) is 5.73 Å². The summed E-state index contributed by atoms with van der Waals surface area (Å²) in [5.41, 5.74) is 11.5.